The quantitative estimate of drug-likeness (QED) is 0.771. The normalized spacial score (nSPS) is 12.1. The van der Waals surface area contributed by atoms with E-state index in [-0.39, 0.29) is 11.8 Å². The highest BCUT2D eigenvalue weighted by Gasteiger charge is 2.21. The molecule has 1 rings (SSSR count). The fourth-order valence-electron chi connectivity index (χ4n) is 1.98. The van der Waals surface area contributed by atoms with Gasteiger partial charge in [-0.25, -0.2) is 4.79 Å². The van der Waals surface area contributed by atoms with Crippen molar-refractivity contribution in [2.24, 2.45) is 11.7 Å². The number of carbonyl (C=O) groups excluding carboxylic acids is 2. The largest absolute Gasteiger partial charge is 0.352 e. The van der Waals surface area contributed by atoms with Crippen LogP contribution in [0, 0.1) is 19.8 Å². The van der Waals surface area contributed by atoms with Crippen LogP contribution in [0.1, 0.15) is 31.4 Å². The molecule has 20 heavy (non-hydrogen) atoms. The maximum absolute atomic E-state index is 12.3. The van der Waals surface area contributed by atoms with Gasteiger partial charge < -0.3 is 16.4 Å². The Morgan fingerprint density at radius 2 is 1.90 bits per heavy atom. The Morgan fingerprint density at radius 1 is 1.25 bits per heavy atom. The second-order valence-corrected chi connectivity index (χ2v) is 5.43. The van der Waals surface area contributed by atoms with Gasteiger partial charge in [-0.2, -0.15) is 0 Å². The zero-order valence-electron chi connectivity index (χ0n) is 12.5. The van der Waals surface area contributed by atoms with E-state index in [0.29, 0.717) is 6.42 Å². The molecule has 0 saturated carbocycles. The van der Waals surface area contributed by atoms with Crippen LogP contribution in [0.3, 0.4) is 0 Å². The third-order valence-corrected chi connectivity index (χ3v) is 3.20. The molecule has 0 bridgehead atoms. The number of amides is 3. The number of benzene rings is 1. The van der Waals surface area contributed by atoms with Crippen LogP contribution in [-0.4, -0.2) is 18.0 Å². The van der Waals surface area contributed by atoms with Crippen LogP contribution < -0.4 is 16.4 Å². The minimum atomic E-state index is -0.688. The van der Waals surface area contributed by atoms with Crippen molar-refractivity contribution >= 4 is 17.6 Å². The first kappa shape index (κ1) is 16.0. The van der Waals surface area contributed by atoms with Gasteiger partial charge in [0.2, 0.25) is 5.91 Å². The molecule has 0 radical (unpaired) electrons. The van der Waals surface area contributed by atoms with Crippen molar-refractivity contribution < 1.29 is 9.59 Å². The van der Waals surface area contributed by atoms with E-state index in [4.69, 9.17) is 5.73 Å². The molecule has 0 saturated heterocycles. The molecule has 0 aliphatic rings. The lowest BCUT2D eigenvalue weighted by molar-refractivity contribution is -0.118. The number of rotatable bonds is 5. The highest BCUT2D eigenvalue weighted by atomic mass is 16.2. The summed E-state index contributed by atoms with van der Waals surface area (Å²) in [7, 11) is 0. The lowest BCUT2D eigenvalue weighted by Crippen LogP contribution is -2.46. The molecular weight excluding hydrogens is 254 g/mol. The van der Waals surface area contributed by atoms with E-state index < -0.39 is 12.1 Å². The average Bonchev–Trinajstić information content (AvgIpc) is 2.33. The molecule has 0 fully saturated rings. The van der Waals surface area contributed by atoms with E-state index in [2.05, 4.69) is 10.6 Å². The van der Waals surface area contributed by atoms with Crippen LogP contribution in [0.4, 0.5) is 10.5 Å². The molecular formula is C15H23N3O2. The van der Waals surface area contributed by atoms with E-state index >= 15 is 0 Å². The monoisotopic (exact) mass is 277 g/mol. The lowest BCUT2D eigenvalue weighted by Gasteiger charge is -2.20. The van der Waals surface area contributed by atoms with Crippen molar-refractivity contribution in [1.29, 1.82) is 0 Å². The van der Waals surface area contributed by atoms with Crippen LogP contribution in [0.2, 0.25) is 0 Å². The third kappa shape index (κ3) is 4.57. The fraction of sp³-hybridized carbons (Fsp3) is 0.467. The number of nitrogens with two attached hydrogens (primary N) is 1. The molecule has 0 spiro atoms. The van der Waals surface area contributed by atoms with Crippen LogP contribution in [0.25, 0.3) is 0 Å². The zero-order valence-corrected chi connectivity index (χ0v) is 12.5. The predicted molar refractivity (Wildman–Crippen MR) is 80.5 cm³/mol. The van der Waals surface area contributed by atoms with E-state index in [0.717, 1.165) is 16.8 Å². The summed E-state index contributed by atoms with van der Waals surface area (Å²) in [6.07, 6.45) is 0.541. The Kier molecular flexibility index (Phi) is 5.55. The Hall–Kier alpha value is -2.04. The van der Waals surface area contributed by atoms with E-state index in [9.17, 15) is 9.59 Å². The molecule has 3 amide bonds. The first-order chi connectivity index (χ1) is 9.31. The molecule has 110 valence electrons. The summed E-state index contributed by atoms with van der Waals surface area (Å²) in [6, 6.07) is 4.41. The topological polar surface area (TPSA) is 84.2 Å². The summed E-state index contributed by atoms with van der Waals surface area (Å²) in [5.41, 5.74) is 8.00. The molecule has 0 heterocycles. The summed E-state index contributed by atoms with van der Waals surface area (Å²) < 4.78 is 0. The molecule has 0 aliphatic heterocycles. The smallest absolute Gasteiger partial charge is 0.312 e. The van der Waals surface area contributed by atoms with Gasteiger partial charge >= 0.3 is 6.03 Å². The summed E-state index contributed by atoms with van der Waals surface area (Å²) in [4.78, 5) is 23.3. The number of carbonyl (C=O) groups is 2. The number of aryl methyl sites for hydroxylation is 1. The first-order valence-corrected chi connectivity index (χ1v) is 6.74. The SMILES string of the molecule is Cc1cccc(NC(=O)C(CC(C)C)NC(N)=O)c1C. The van der Waals surface area contributed by atoms with Crippen LogP contribution in [0.15, 0.2) is 18.2 Å². The Bertz CT molecular complexity index is 498. The average molecular weight is 277 g/mol. The van der Waals surface area contributed by atoms with Gasteiger partial charge in [0, 0.05) is 5.69 Å². The summed E-state index contributed by atoms with van der Waals surface area (Å²) in [6.45, 7) is 7.91. The van der Waals surface area contributed by atoms with Crippen LogP contribution in [0.5, 0.6) is 0 Å². The number of hydrogen-bond donors (Lipinski definition) is 3. The molecule has 0 aliphatic carbocycles. The van der Waals surface area contributed by atoms with Crippen LogP contribution in [-0.2, 0) is 4.79 Å². The summed E-state index contributed by atoms with van der Waals surface area (Å²) in [5, 5.41) is 5.34. The van der Waals surface area contributed by atoms with E-state index in [1.165, 1.54) is 0 Å². The molecule has 1 aromatic rings. The molecule has 5 heteroatoms. The fourth-order valence-corrected chi connectivity index (χ4v) is 1.98. The summed E-state index contributed by atoms with van der Waals surface area (Å²) >= 11 is 0. The number of anilines is 1. The van der Waals surface area contributed by atoms with Crippen molar-refractivity contribution in [2.45, 2.75) is 40.2 Å². The molecule has 5 nitrogen and oxygen atoms in total. The molecule has 1 unspecified atom stereocenters. The van der Waals surface area contributed by atoms with Crippen molar-refractivity contribution in [2.75, 3.05) is 5.32 Å². The van der Waals surface area contributed by atoms with Gasteiger partial charge in [0.15, 0.2) is 0 Å². The molecule has 0 aromatic heterocycles. The van der Waals surface area contributed by atoms with Gasteiger partial charge in [0.05, 0.1) is 0 Å². The number of urea groups is 1. The highest BCUT2D eigenvalue weighted by molar-refractivity contribution is 5.97. The Balaban J connectivity index is 2.84. The zero-order chi connectivity index (χ0) is 15.3. The van der Waals surface area contributed by atoms with Gasteiger partial charge in [-0.05, 0) is 43.4 Å². The molecule has 1 aromatic carbocycles. The van der Waals surface area contributed by atoms with Gasteiger partial charge in [-0.1, -0.05) is 26.0 Å². The molecule has 4 N–H and O–H groups in total. The van der Waals surface area contributed by atoms with E-state index in [1.807, 2.05) is 45.9 Å². The summed E-state index contributed by atoms with van der Waals surface area (Å²) in [5.74, 6) is 0.0300. The van der Waals surface area contributed by atoms with Crippen molar-refractivity contribution in [3.8, 4) is 0 Å². The van der Waals surface area contributed by atoms with Crippen molar-refractivity contribution in [3.63, 3.8) is 0 Å². The van der Waals surface area contributed by atoms with Gasteiger partial charge in [-0.15, -0.1) is 0 Å². The third-order valence-electron chi connectivity index (χ3n) is 3.20. The van der Waals surface area contributed by atoms with Gasteiger partial charge in [0.1, 0.15) is 6.04 Å². The Labute approximate surface area is 119 Å². The maximum Gasteiger partial charge on any atom is 0.312 e. The van der Waals surface area contributed by atoms with Crippen molar-refractivity contribution in [3.05, 3.63) is 29.3 Å². The standard InChI is InChI=1S/C15H23N3O2/c1-9(2)8-13(18-15(16)20)14(19)17-12-7-5-6-10(3)11(12)4/h5-7,9,13H,8H2,1-4H3,(H,17,19)(H3,16,18,20). The second kappa shape index (κ2) is 6.93. The van der Waals surface area contributed by atoms with Crippen LogP contribution >= 0.6 is 0 Å². The molecule has 1 atom stereocenters. The van der Waals surface area contributed by atoms with Gasteiger partial charge in [0.25, 0.3) is 0 Å². The predicted octanol–water partition coefficient (Wildman–Crippen LogP) is 2.32. The number of hydrogen-bond acceptors (Lipinski definition) is 2. The van der Waals surface area contributed by atoms with Gasteiger partial charge in [-0.3, -0.25) is 4.79 Å². The first-order valence-electron chi connectivity index (χ1n) is 6.74. The number of primary amides is 1. The van der Waals surface area contributed by atoms with Crippen molar-refractivity contribution in [1.82, 2.24) is 5.32 Å². The Morgan fingerprint density at radius 3 is 2.45 bits per heavy atom. The maximum atomic E-state index is 12.3. The minimum Gasteiger partial charge on any atom is -0.352 e. The number of nitrogens with one attached hydrogen (secondary N) is 2. The second-order valence-electron chi connectivity index (χ2n) is 5.43. The van der Waals surface area contributed by atoms with E-state index in [1.54, 1.807) is 0 Å². The highest BCUT2D eigenvalue weighted by Crippen LogP contribution is 2.18. The lowest BCUT2D eigenvalue weighted by atomic mass is 10.0. The minimum absolute atomic E-state index is 0.244.